The topological polar surface area (TPSA) is 90.0 Å². The third kappa shape index (κ3) is 6.11. The maximum absolute atomic E-state index is 12.9. The number of halogens is 1. The van der Waals surface area contributed by atoms with Gasteiger partial charge in [-0.3, -0.25) is 14.5 Å². The van der Waals surface area contributed by atoms with Crippen molar-refractivity contribution in [2.75, 3.05) is 51.1 Å². The Kier molecular flexibility index (Phi) is 8.47. The SMILES string of the molecule is CCN(CC)C(=O)c1cccc(NC(=O)CN2CCN(S(=O)(=O)c3ccccc3Cl)CC2)c1. The van der Waals surface area contributed by atoms with E-state index < -0.39 is 10.0 Å². The highest BCUT2D eigenvalue weighted by atomic mass is 35.5. The standard InChI is InChI=1S/C23H29ClN4O4S/c1-3-27(4-2)23(30)18-8-7-9-19(16-18)25-22(29)17-26-12-14-28(15-13-26)33(31,32)21-11-6-5-10-20(21)24/h5-11,16H,3-4,12-15,17H2,1-2H3,(H,25,29). The molecule has 33 heavy (non-hydrogen) atoms. The summed E-state index contributed by atoms with van der Waals surface area (Å²) in [4.78, 5) is 28.8. The third-order valence-corrected chi connectivity index (χ3v) is 8.00. The lowest BCUT2D eigenvalue weighted by molar-refractivity contribution is -0.117. The van der Waals surface area contributed by atoms with Crippen LogP contribution < -0.4 is 5.32 Å². The Morgan fingerprint density at radius 3 is 2.30 bits per heavy atom. The van der Waals surface area contributed by atoms with E-state index in [1.54, 1.807) is 47.4 Å². The number of piperazine rings is 1. The highest BCUT2D eigenvalue weighted by molar-refractivity contribution is 7.89. The lowest BCUT2D eigenvalue weighted by Gasteiger charge is -2.33. The summed E-state index contributed by atoms with van der Waals surface area (Å²) < 4.78 is 27.1. The van der Waals surface area contributed by atoms with Crippen LogP contribution >= 0.6 is 11.6 Å². The molecular formula is C23H29ClN4O4S. The monoisotopic (exact) mass is 492 g/mol. The van der Waals surface area contributed by atoms with E-state index >= 15 is 0 Å². The second kappa shape index (κ2) is 11.1. The van der Waals surface area contributed by atoms with Crippen LogP contribution in [0.25, 0.3) is 0 Å². The van der Waals surface area contributed by atoms with E-state index in [0.717, 1.165) is 0 Å². The number of sulfonamides is 1. The molecule has 0 saturated carbocycles. The summed E-state index contributed by atoms with van der Waals surface area (Å²) in [6.07, 6.45) is 0. The van der Waals surface area contributed by atoms with Crippen LogP contribution in [-0.4, -0.2) is 80.2 Å². The van der Waals surface area contributed by atoms with Gasteiger partial charge >= 0.3 is 0 Å². The zero-order chi connectivity index (χ0) is 24.0. The molecule has 0 atom stereocenters. The Labute approximate surface area is 200 Å². The first kappa shape index (κ1) is 25.2. The Balaban J connectivity index is 1.55. The molecule has 0 radical (unpaired) electrons. The number of hydrogen-bond donors (Lipinski definition) is 1. The Morgan fingerprint density at radius 2 is 1.67 bits per heavy atom. The molecule has 1 fully saturated rings. The molecule has 178 valence electrons. The minimum absolute atomic E-state index is 0.0769. The second-order valence-corrected chi connectivity index (χ2v) is 10.0. The summed E-state index contributed by atoms with van der Waals surface area (Å²) in [5.74, 6) is -0.295. The molecule has 2 amide bonds. The Bertz CT molecular complexity index is 1100. The van der Waals surface area contributed by atoms with Crippen molar-refractivity contribution in [3.05, 3.63) is 59.1 Å². The van der Waals surface area contributed by atoms with Gasteiger partial charge in [-0.05, 0) is 44.2 Å². The molecule has 0 aromatic heterocycles. The highest BCUT2D eigenvalue weighted by Crippen LogP contribution is 2.25. The number of benzene rings is 2. The molecule has 3 rings (SSSR count). The number of nitrogens with one attached hydrogen (secondary N) is 1. The van der Waals surface area contributed by atoms with E-state index in [4.69, 9.17) is 11.6 Å². The number of nitrogens with zero attached hydrogens (tertiary/aromatic N) is 3. The van der Waals surface area contributed by atoms with E-state index in [1.807, 2.05) is 18.7 Å². The Morgan fingerprint density at radius 1 is 1.00 bits per heavy atom. The fraction of sp³-hybridized carbons (Fsp3) is 0.391. The van der Waals surface area contributed by atoms with Crippen molar-refractivity contribution in [3.8, 4) is 0 Å². The van der Waals surface area contributed by atoms with Gasteiger partial charge in [0.15, 0.2) is 0 Å². The van der Waals surface area contributed by atoms with Gasteiger partial charge in [0.2, 0.25) is 15.9 Å². The molecule has 8 nitrogen and oxygen atoms in total. The average molecular weight is 493 g/mol. The van der Waals surface area contributed by atoms with Crippen LogP contribution in [0.1, 0.15) is 24.2 Å². The molecule has 0 spiro atoms. The number of amides is 2. The first-order valence-electron chi connectivity index (χ1n) is 10.9. The maximum Gasteiger partial charge on any atom is 0.253 e. The first-order valence-corrected chi connectivity index (χ1v) is 12.7. The fourth-order valence-corrected chi connectivity index (χ4v) is 5.66. The number of hydrogen-bond acceptors (Lipinski definition) is 5. The molecule has 1 aliphatic rings. The van der Waals surface area contributed by atoms with Gasteiger partial charge < -0.3 is 10.2 Å². The van der Waals surface area contributed by atoms with E-state index in [0.29, 0.717) is 37.4 Å². The molecule has 10 heteroatoms. The molecule has 0 bridgehead atoms. The van der Waals surface area contributed by atoms with Gasteiger partial charge in [0.05, 0.1) is 11.6 Å². The summed E-state index contributed by atoms with van der Waals surface area (Å²) in [6.45, 7) is 6.61. The van der Waals surface area contributed by atoms with Gasteiger partial charge in [0.1, 0.15) is 4.90 Å². The Hall–Kier alpha value is -2.46. The quantitative estimate of drug-likeness (QED) is 0.612. The zero-order valence-electron chi connectivity index (χ0n) is 18.8. The predicted octanol–water partition coefficient (Wildman–Crippen LogP) is 2.77. The second-order valence-electron chi connectivity index (χ2n) is 7.72. The summed E-state index contributed by atoms with van der Waals surface area (Å²) in [5, 5.41) is 3.03. The summed E-state index contributed by atoms with van der Waals surface area (Å²) in [6, 6.07) is 13.3. The van der Waals surface area contributed by atoms with Crippen LogP contribution in [0.15, 0.2) is 53.4 Å². The van der Waals surface area contributed by atoms with Crippen molar-refractivity contribution < 1.29 is 18.0 Å². The molecule has 1 saturated heterocycles. The highest BCUT2D eigenvalue weighted by Gasteiger charge is 2.30. The van der Waals surface area contributed by atoms with Crippen LogP contribution in [0, 0.1) is 0 Å². The summed E-state index contributed by atoms with van der Waals surface area (Å²) >= 11 is 6.07. The van der Waals surface area contributed by atoms with Gasteiger partial charge in [-0.1, -0.05) is 29.8 Å². The van der Waals surface area contributed by atoms with E-state index in [-0.39, 0.29) is 41.4 Å². The van der Waals surface area contributed by atoms with Crippen molar-refractivity contribution in [3.63, 3.8) is 0 Å². The third-order valence-electron chi connectivity index (χ3n) is 5.60. The van der Waals surface area contributed by atoms with Crippen molar-refractivity contribution in [1.29, 1.82) is 0 Å². The molecule has 0 aliphatic carbocycles. The van der Waals surface area contributed by atoms with Gasteiger partial charge in [-0.15, -0.1) is 0 Å². The van der Waals surface area contributed by atoms with Crippen molar-refractivity contribution in [1.82, 2.24) is 14.1 Å². The van der Waals surface area contributed by atoms with Gasteiger partial charge in [0, 0.05) is 50.5 Å². The van der Waals surface area contributed by atoms with Crippen LogP contribution in [0.5, 0.6) is 0 Å². The van der Waals surface area contributed by atoms with Crippen LogP contribution in [-0.2, 0) is 14.8 Å². The lowest BCUT2D eigenvalue weighted by atomic mass is 10.1. The van der Waals surface area contributed by atoms with Crippen LogP contribution in [0.4, 0.5) is 5.69 Å². The van der Waals surface area contributed by atoms with E-state index in [1.165, 1.54) is 10.4 Å². The summed E-state index contributed by atoms with van der Waals surface area (Å²) in [5.41, 5.74) is 1.08. The van der Waals surface area contributed by atoms with Crippen molar-refractivity contribution in [2.45, 2.75) is 18.7 Å². The smallest absolute Gasteiger partial charge is 0.253 e. The molecule has 2 aromatic rings. The summed E-state index contributed by atoms with van der Waals surface area (Å²) in [7, 11) is -3.68. The number of carbonyl (C=O) groups is 2. The van der Waals surface area contributed by atoms with Crippen LogP contribution in [0.3, 0.4) is 0 Å². The molecule has 2 aromatic carbocycles. The molecule has 1 aliphatic heterocycles. The van der Waals surface area contributed by atoms with E-state index in [2.05, 4.69) is 5.32 Å². The number of carbonyl (C=O) groups excluding carboxylic acids is 2. The normalized spacial score (nSPS) is 15.2. The van der Waals surface area contributed by atoms with Crippen LogP contribution in [0.2, 0.25) is 5.02 Å². The van der Waals surface area contributed by atoms with Crippen molar-refractivity contribution >= 4 is 39.1 Å². The number of anilines is 1. The van der Waals surface area contributed by atoms with E-state index in [9.17, 15) is 18.0 Å². The van der Waals surface area contributed by atoms with Gasteiger partial charge in [-0.25, -0.2) is 8.42 Å². The minimum atomic E-state index is -3.68. The van der Waals surface area contributed by atoms with Gasteiger partial charge in [0.25, 0.3) is 5.91 Å². The van der Waals surface area contributed by atoms with Crippen molar-refractivity contribution in [2.24, 2.45) is 0 Å². The largest absolute Gasteiger partial charge is 0.339 e. The molecule has 0 unspecified atom stereocenters. The van der Waals surface area contributed by atoms with Gasteiger partial charge in [-0.2, -0.15) is 4.31 Å². The zero-order valence-corrected chi connectivity index (χ0v) is 20.4. The number of rotatable bonds is 8. The first-order chi connectivity index (χ1) is 15.8. The lowest BCUT2D eigenvalue weighted by Crippen LogP contribution is -2.50. The minimum Gasteiger partial charge on any atom is -0.339 e. The maximum atomic E-state index is 12.9. The predicted molar refractivity (Wildman–Crippen MR) is 129 cm³/mol. The molecular weight excluding hydrogens is 464 g/mol. The molecule has 1 heterocycles. The average Bonchev–Trinajstić information content (AvgIpc) is 2.80. The fourth-order valence-electron chi connectivity index (χ4n) is 3.75. The molecule has 1 N–H and O–H groups in total.